The van der Waals surface area contributed by atoms with Gasteiger partial charge in [-0.1, -0.05) is 6.07 Å². The number of aromatic amines is 1. The Bertz CT molecular complexity index is 1020. The highest BCUT2D eigenvalue weighted by Crippen LogP contribution is 2.43. The van der Waals surface area contributed by atoms with Gasteiger partial charge in [0.15, 0.2) is 11.5 Å². The van der Waals surface area contributed by atoms with E-state index in [-0.39, 0.29) is 6.42 Å². The van der Waals surface area contributed by atoms with E-state index in [0.717, 1.165) is 33.2 Å². The molecule has 0 bridgehead atoms. The van der Waals surface area contributed by atoms with Crippen LogP contribution < -0.4 is 14.2 Å². The second kappa shape index (κ2) is 7.23. The third-order valence-corrected chi connectivity index (χ3v) is 4.65. The summed E-state index contributed by atoms with van der Waals surface area (Å²) in [4.78, 5) is 15.0. The van der Waals surface area contributed by atoms with Crippen LogP contribution in [0.2, 0.25) is 0 Å². The molecule has 0 aliphatic rings. The number of fused-ring (bicyclic) bond motifs is 1. The summed E-state index contributed by atoms with van der Waals surface area (Å²) in [6, 6.07) is 7.61. The molecule has 2 N–H and O–H groups in total. The van der Waals surface area contributed by atoms with Crippen LogP contribution in [-0.4, -0.2) is 37.4 Å². The van der Waals surface area contributed by atoms with Crippen molar-refractivity contribution < 1.29 is 24.1 Å². The molecular weight excluding hydrogens is 346 g/mol. The Morgan fingerprint density at radius 2 is 1.59 bits per heavy atom. The number of benzene rings is 2. The van der Waals surface area contributed by atoms with Crippen molar-refractivity contribution in [3.8, 4) is 28.5 Å². The summed E-state index contributed by atoms with van der Waals surface area (Å²) < 4.78 is 16.3. The smallest absolute Gasteiger partial charge is 0.307 e. The first kappa shape index (κ1) is 18.6. The Kier molecular flexibility index (Phi) is 4.99. The zero-order valence-electron chi connectivity index (χ0n) is 16.1. The lowest BCUT2D eigenvalue weighted by atomic mass is 9.98. The number of aliphatic carboxylic acids is 1. The Morgan fingerprint density at radius 3 is 2.19 bits per heavy atom. The number of ether oxygens (including phenoxy) is 3. The van der Waals surface area contributed by atoms with E-state index in [0.29, 0.717) is 22.9 Å². The highest BCUT2D eigenvalue weighted by molar-refractivity contribution is 5.97. The number of nitrogens with one attached hydrogen (secondary N) is 1. The fraction of sp³-hybridized carbons (Fsp3) is 0.286. The largest absolute Gasteiger partial charge is 0.496 e. The molecular formula is C21H23NO5. The van der Waals surface area contributed by atoms with E-state index in [2.05, 4.69) is 11.1 Å². The van der Waals surface area contributed by atoms with Crippen molar-refractivity contribution in [1.82, 2.24) is 4.98 Å². The quantitative estimate of drug-likeness (QED) is 0.684. The van der Waals surface area contributed by atoms with Gasteiger partial charge in [-0.15, -0.1) is 0 Å². The molecule has 6 nitrogen and oxygen atoms in total. The van der Waals surface area contributed by atoms with Gasteiger partial charge in [-0.2, -0.15) is 0 Å². The summed E-state index contributed by atoms with van der Waals surface area (Å²) in [6.45, 7) is 4.00. The first-order valence-electron chi connectivity index (χ1n) is 8.53. The van der Waals surface area contributed by atoms with Gasteiger partial charge in [-0.3, -0.25) is 4.79 Å². The van der Waals surface area contributed by atoms with Crippen molar-refractivity contribution in [2.24, 2.45) is 0 Å². The maximum atomic E-state index is 11.6. The van der Waals surface area contributed by atoms with Crippen molar-refractivity contribution in [1.29, 1.82) is 0 Å². The number of rotatable bonds is 6. The van der Waals surface area contributed by atoms with Crippen molar-refractivity contribution in [3.05, 3.63) is 41.0 Å². The van der Waals surface area contributed by atoms with Crippen LogP contribution in [0, 0.1) is 13.8 Å². The number of H-pyrrole nitrogens is 1. The molecule has 0 atom stereocenters. The zero-order chi connectivity index (χ0) is 19.7. The van der Waals surface area contributed by atoms with Gasteiger partial charge < -0.3 is 24.3 Å². The Morgan fingerprint density at radius 1 is 0.963 bits per heavy atom. The van der Waals surface area contributed by atoms with E-state index in [9.17, 15) is 9.90 Å². The van der Waals surface area contributed by atoms with Gasteiger partial charge in [0.2, 0.25) is 0 Å². The minimum Gasteiger partial charge on any atom is -0.496 e. The van der Waals surface area contributed by atoms with Crippen molar-refractivity contribution >= 4 is 16.9 Å². The van der Waals surface area contributed by atoms with Crippen LogP contribution >= 0.6 is 0 Å². The first-order valence-corrected chi connectivity index (χ1v) is 8.53. The van der Waals surface area contributed by atoms with E-state index in [1.807, 2.05) is 19.9 Å². The topological polar surface area (TPSA) is 80.8 Å². The minimum absolute atomic E-state index is 0.100. The highest BCUT2D eigenvalue weighted by atomic mass is 16.5. The van der Waals surface area contributed by atoms with E-state index < -0.39 is 5.97 Å². The van der Waals surface area contributed by atoms with Gasteiger partial charge in [0.1, 0.15) is 5.75 Å². The van der Waals surface area contributed by atoms with Gasteiger partial charge in [0, 0.05) is 22.5 Å². The van der Waals surface area contributed by atoms with Crippen molar-refractivity contribution in [3.63, 3.8) is 0 Å². The number of carbonyl (C=O) groups is 1. The molecule has 0 saturated carbocycles. The highest BCUT2D eigenvalue weighted by Gasteiger charge is 2.22. The number of carboxylic acids is 1. The second-order valence-corrected chi connectivity index (χ2v) is 6.46. The van der Waals surface area contributed by atoms with Gasteiger partial charge in [0.05, 0.1) is 33.4 Å². The van der Waals surface area contributed by atoms with Crippen molar-refractivity contribution in [2.45, 2.75) is 20.3 Å². The summed E-state index contributed by atoms with van der Waals surface area (Å²) in [5.41, 5.74) is 5.19. The van der Waals surface area contributed by atoms with Crippen LogP contribution in [-0.2, 0) is 11.2 Å². The molecule has 0 unspecified atom stereocenters. The van der Waals surface area contributed by atoms with E-state index >= 15 is 0 Å². The van der Waals surface area contributed by atoms with Crippen LogP contribution in [0.3, 0.4) is 0 Å². The van der Waals surface area contributed by atoms with Crippen LogP contribution in [0.25, 0.3) is 22.2 Å². The molecule has 0 fully saturated rings. The molecule has 0 aliphatic carbocycles. The number of aromatic nitrogens is 1. The van der Waals surface area contributed by atoms with Gasteiger partial charge in [0.25, 0.3) is 0 Å². The molecule has 1 heterocycles. The molecule has 3 aromatic rings. The minimum atomic E-state index is -0.892. The Balaban J connectivity index is 2.37. The predicted molar refractivity (Wildman–Crippen MR) is 104 cm³/mol. The SMILES string of the molecule is COc1cc(OC)c(-c2[nH]c3cc(C)cc(C)c3c2CC(=O)O)cc1OC. The monoisotopic (exact) mass is 369 g/mol. The molecule has 0 spiro atoms. The molecule has 1 aromatic heterocycles. The van der Waals surface area contributed by atoms with E-state index in [4.69, 9.17) is 14.2 Å². The third kappa shape index (κ3) is 3.30. The van der Waals surface area contributed by atoms with Crippen LogP contribution in [0.15, 0.2) is 24.3 Å². The summed E-state index contributed by atoms with van der Waals surface area (Å²) >= 11 is 0. The van der Waals surface area contributed by atoms with Crippen molar-refractivity contribution in [2.75, 3.05) is 21.3 Å². The van der Waals surface area contributed by atoms with E-state index in [1.165, 1.54) is 0 Å². The Labute approximate surface area is 157 Å². The number of methoxy groups -OCH3 is 3. The number of hydrogen-bond acceptors (Lipinski definition) is 4. The van der Waals surface area contributed by atoms with Crippen LogP contribution in [0.5, 0.6) is 17.2 Å². The average molecular weight is 369 g/mol. The molecule has 0 amide bonds. The zero-order valence-corrected chi connectivity index (χ0v) is 16.1. The molecule has 2 aromatic carbocycles. The normalized spacial score (nSPS) is 10.9. The fourth-order valence-corrected chi connectivity index (χ4v) is 3.58. The standard InChI is InChI=1S/C21H23NO5/c1-11-6-12(2)20-14(9-19(23)24)21(22-15(20)7-11)13-8-17(26-4)18(27-5)10-16(13)25-3/h6-8,10,22H,9H2,1-5H3,(H,23,24). The summed E-state index contributed by atoms with van der Waals surface area (Å²) in [5.74, 6) is 0.763. The van der Waals surface area contributed by atoms with Gasteiger partial charge in [-0.05, 0) is 42.7 Å². The van der Waals surface area contributed by atoms with Gasteiger partial charge >= 0.3 is 5.97 Å². The molecule has 0 saturated heterocycles. The summed E-state index contributed by atoms with van der Waals surface area (Å²) in [6.07, 6.45) is -0.100. The number of aryl methyl sites for hydroxylation is 2. The number of hydrogen-bond donors (Lipinski definition) is 2. The second-order valence-electron chi connectivity index (χ2n) is 6.46. The summed E-state index contributed by atoms with van der Waals surface area (Å²) in [7, 11) is 4.69. The van der Waals surface area contributed by atoms with E-state index in [1.54, 1.807) is 33.5 Å². The Hall–Kier alpha value is -3.15. The molecule has 3 rings (SSSR count). The fourth-order valence-electron chi connectivity index (χ4n) is 3.58. The molecule has 0 aliphatic heterocycles. The molecule has 27 heavy (non-hydrogen) atoms. The first-order chi connectivity index (χ1) is 12.9. The van der Waals surface area contributed by atoms with Gasteiger partial charge in [-0.25, -0.2) is 0 Å². The lowest BCUT2D eigenvalue weighted by Gasteiger charge is -2.14. The lowest BCUT2D eigenvalue weighted by molar-refractivity contribution is -0.136. The predicted octanol–water partition coefficient (Wildman–Crippen LogP) is 4.10. The molecule has 142 valence electrons. The van der Waals surface area contributed by atoms with Crippen LogP contribution in [0.1, 0.15) is 16.7 Å². The number of carboxylic acid groups (broad SMARTS) is 1. The molecule has 6 heteroatoms. The molecule has 0 radical (unpaired) electrons. The maximum absolute atomic E-state index is 11.6. The summed E-state index contributed by atoms with van der Waals surface area (Å²) in [5, 5.41) is 10.4. The third-order valence-electron chi connectivity index (χ3n) is 4.65. The average Bonchev–Trinajstić information content (AvgIpc) is 2.97. The lowest BCUT2D eigenvalue weighted by Crippen LogP contribution is -2.02. The van der Waals surface area contributed by atoms with Crippen LogP contribution in [0.4, 0.5) is 0 Å². The maximum Gasteiger partial charge on any atom is 0.307 e.